The van der Waals surface area contributed by atoms with E-state index in [4.69, 9.17) is 0 Å². The van der Waals surface area contributed by atoms with Crippen molar-refractivity contribution in [2.24, 2.45) is 0 Å². The van der Waals surface area contributed by atoms with Gasteiger partial charge in [-0.05, 0) is 10.9 Å². The Balaban J connectivity index is -0.0000000750. The van der Waals surface area contributed by atoms with Gasteiger partial charge in [0.2, 0.25) is 6.93 Å². The van der Waals surface area contributed by atoms with Crippen LogP contribution < -0.4 is 0 Å². The van der Waals surface area contributed by atoms with Gasteiger partial charge in [-0.3, -0.25) is 4.39 Å². The van der Waals surface area contributed by atoms with Gasteiger partial charge in [-0.25, -0.2) is 8.78 Å². The lowest BCUT2D eigenvalue weighted by molar-refractivity contribution is -0.0960. The van der Waals surface area contributed by atoms with Gasteiger partial charge in [0.1, 0.15) is 0 Å². The van der Waals surface area contributed by atoms with Gasteiger partial charge in [0.25, 0.3) is 0 Å². The monoisotopic (exact) mass is 164 g/mol. The molecular weight excluding hydrogens is 152 g/mol. The Kier molecular flexibility index (Phi) is 61.8. The van der Waals surface area contributed by atoms with E-state index in [1.165, 1.54) is 0 Å². The quantitative estimate of drug-likeness (QED) is 0.541. The molecule has 0 amide bonds. The minimum Gasteiger partial charge on any atom is -0.251 e. The van der Waals surface area contributed by atoms with Crippen LogP contribution in [0.2, 0.25) is 0 Å². The maximum atomic E-state index is 10.7. The molecule has 5 heteroatoms. The Morgan fingerprint density at radius 2 is 1.30 bits per heavy atom. The molecule has 0 spiro atoms. The molecule has 0 aliphatic carbocycles. The van der Waals surface area contributed by atoms with Gasteiger partial charge in [-0.2, -0.15) is 4.94 Å². The van der Waals surface area contributed by atoms with E-state index in [1.54, 1.807) is 6.92 Å². The molecule has 0 aromatic heterocycles. The lowest BCUT2D eigenvalue weighted by Gasteiger charge is -1.64. The molecule has 0 unspecified atom stereocenters. The van der Waals surface area contributed by atoms with Crippen LogP contribution in [0, 0.1) is 0 Å². The third-order valence-corrected chi connectivity index (χ3v) is 0.189. The van der Waals surface area contributed by atoms with Gasteiger partial charge in [0.05, 0.1) is 13.8 Å². The van der Waals surface area contributed by atoms with Crippen molar-refractivity contribution in [2.45, 2.75) is 13.3 Å². The van der Waals surface area contributed by atoms with E-state index < -0.39 is 6.93 Å². The molecule has 0 saturated carbocycles. The molecule has 0 fully saturated rings. The first-order chi connectivity index (χ1) is 4.74. The second-order valence-electron chi connectivity index (χ2n) is 0.944. The second kappa shape index (κ2) is 37.8. The predicted octanol–water partition coefficient (Wildman–Crippen LogP) is 2.77. The normalized spacial score (nSPS) is 6.60. The Labute approximate surface area is 57.9 Å². The molecule has 10 heavy (non-hydrogen) atoms. The average Bonchev–Trinajstić information content (AvgIpc) is 1.91. The highest BCUT2D eigenvalue weighted by atomic mass is 19.3. The van der Waals surface area contributed by atoms with Gasteiger partial charge in [-0.15, -0.1) is 0 Å². The van der Waals surface area contributed by atoms with Crippen molar-refractivity contribution in [3.63, 3.8) is 0 Å². The van der Waals surface area contributed by atoms with Crippen LogP contribution in [0.1, 0.15) is 13.3 Å². The summed E-state index contributed by atoms with van der Waals surface area (Å²) in [4.78, 5) is 2.75. The maximum Gasteiger partial charge on any atom is 0.229 e. The Morgan fingerprint density at radius 1 is 1.20 bits per heavy atom. The molecule has 0 bridgehead atoms. The molecule has 0 rings (SSSR count). The van der Waals surface area contributed by atoms with Crippen molar-refractivity contribution >= 4 is 0 Å². The molecular formula is C5H12F4O. The van der Waals surface area contributed by atoms with Crippen LogP contribution in [0.3, 0.4) is 0 Å². The highest BCUT2D eigenvalue weighted by Gasteiger charge is 1.60. The van der Waals surface area contributed by atoms with Crippen molar-refractivity contribution in [3.05, 3.63) is 0 Å². The zero-order valence-electron chi connectivity index (χ0n) is 6.04. The number of halogens is 4. The van der Waals surface area contributed by atoms with E-state index in [-0.39, 0.29) is 6.67 Å². The molecule has 0 heterocycles. The zero-order chi connectivity index (χ0) is 8.83. The number of rotatable bonds is 1. The first-order valence-electron chi connectivity index (χ1n) is 2.57. The summed E-state index contributed by atoms with van der Waals surface area (Å²) in [6.45, 7) is -0.125. The van der Waals surface area contributed by atoms with Crippen LogP contribution in [0.5, 0.6) is 0 Å². The molecule has 66 valence electrons. The third-order valence-electron chi connectivity index (χ3n) is 0.189. The summed E-state index contributed by atoms with van der Waals surface area (Å²) in [5.74, 6) is 0. The largest absolute Gasteiger partial charge is 0.251 e. The summed E-state index contributed by atoms with van der Waals surface area (Å²) in [5, 5.41) is 0. The van der Waals surface area contributed by atoms with Crippen LogP contribution in [0.4, 0.5) is 17.7 Å². The van der Waals surface area contributed by atoms with E-state index in [2.05, 4.69) is 4.94 Å². The van der Waals surface area contributed by atoms with Crippen molar-refractivity contribution in [1.82, 2.24) is 0 Å². The SMILES string of the molecule is CCCF.COF.FCF. The van der Waals surface area contributed by atoms with Crippen molar-refractivity contribution in [2.75, 3.05) is 20.7 Å². The molecule has 0 N–H and O–H groups in total. The maximum absolute atomic E-state index is 10.7. The predicted molar refractivity (Wildman–Crippen MR) is 31.5 cm³/mol. The van der Waals surface area contributed by atoms with Crippen LogP contribution in [-0.2, 0) is 4.94 Å². The van der Waals surface area contributed by atoms with Gasteiger partial charge >= 0.3 is 0 Å². The first-order valence-corrected chi connectivity index (χ1v) is 2.57. The molecule has 0 aromatic carbocycles. The lowest BCUT2D eigenvalue weighted by Crippen LogP contribution is -1.58. The van der Waals surface area contributed by atoms with Crippen LogP contribution in [0.25, 0.3) is 0 Å². The Bertz CT molecular complexity index is 25.6. The Morgan fingerprint density at radius 3 is 1.30 bits per heavy atom. The average molecular weight is 164 g/mol. The fourth-order valence-electron chi connectivity index (χ4n) is 0. The fraction of sp³-hybridized carbons (Fsp3) is 1.00. The fourth-order valence-corrected chi connectivity index (χ4v) is 0. The standard InChI is InChI=1S/C3H7F.CH2F2.CH3FO/c1-2-3-4;2-1-3;1-3-2/h2-3H2,1H3;1H2;1H3. The lowest BCUT2D eigenvalue weighted by atomic mass is 10.6. The summed E-state index contributed by atoms with van der Waals surface area (Å²) in [6, 6.07) is 0. The topological polar surface area (TPSA) is 9.23 Å². The van der Waals surface area contributed by atoms with Crippen LogP contribution in [-0.4, -0.2) is 20.7 Å². The molecule has 0 atom stereocenters. The molecule has 0 radical (unpaired) electrons. The minimum atomic E-state index is -1.75. The minimum absolute atomic E-state index is 0.181. The van der Waals surface area contributed by atoms with E-state index in [0.29, 0.717) is 6.42 Å². The molecule has 0 aromatic rings. The molecule has 0 aliphatic rings. The number of hydrogen-bond donors (Lipinski definition) is 0. The van der Waals surface area contributed by atoms with Gasteiger partial charge in [0, 0.05) is 0 Å². The first kappa shape index (κ1) is 16.3. The van der Waals surface area contributed by atoms with E-state index in [1.807, 2.05) is 0 Å². The van der Waals surface area contributed by atoms with Gasteiger partial charge < -0.3 is 0 Å². The number of alkyl halides is 3. The third kappa shape index (κ3) is 741. The smallest absolute Gasteiger partial charge is 0.229 e. The van der Waals surface area contributed by atoms with Crippen LogP contribution in [0.15, 0.2) is 0 Å². The molecule has 0 aliphatic heterocycles. The Hall–Kier alpha value is -0.320. The summed E-state index contributed by atoms with van der Waals surface area (Å²) >= 11 is 0. The van der Waals surface area contributed by atoms with Gasteiger partial charge in [0.15, 0.2) is 0 Å². The van der Waals surface area contributed by atoms with Crippen LogP contribution >= 0.6 is 0 Å². The molecule has 1 nitrogen and oxygen atoms in total. The molecule has 0 saturated heterocycles. The van der Waals surface area contributed by atoms with E-state index in [9.17, 15) is 17.7 Å². The van der Waals surface area contributed by atoms with E-state index in [0.717, 1.165) is 7.11 Å². The summed E-state index contributed by atoms with van der Waals surface area (Å²) in [7, 11) is 0.958. The highest BCUT2D eigenvalue weighted by molar-refractivity contribution is 4.11. The summed E-state index contributed by atoms with van der Waals surface area (Å²) in [6.07, 6.45) is 0.653. The summed E-state index contributed by atoms with van der Waals surface area (Å²) in [5.41, 5.74) is 0. The van der Waals surface area contributed by atoms with E-state index >= 15 is 0 Å². The van der Waals surface area contributed by atoms with Crippen molar-refractivity contribution < 1.29 is 22.6 Å². The van der Waals surface area contributed by atoms with Crippen molar-refractivity contribution in [1.29, 1.82) is 0 Å². The van der Waals surface area contributed by atoms with Crippen molar-refractivity contribution in [3.8, 4) is 0 Å². The highest BCUT2D eigenvalue weighted by Crippen LogP contribution is 1.69. The summed E-state index contributed by atoms with van der Waals surface area (Å²) < 4.78 is 39.8. The van der Waals surface area contributed by atoms with Gasteiger partial charge in [-0.1, -0.05) is 6.92 Å². The second-order valence-corrected chi connectivity index (χ2v) is 0.944. The zero-order valence-corrected chi connectivity index (χ0v) is 6.04. The number of hydrogen-bond acceptors (Lipinski definition) is 1.